The Kier molecular flexibility index (Phi) is 17.8. The zero-order valence-electron chi connectivity index (χ0n) is 17.5. The average molecular weight is 407 g/mol. The normalized spacial score (nSPS) is 15.8. The Bertz CT molecular complexity index is 365. The predicted octanol–water partition coefficient (Wildman–Crippen LogP) is 2.06. The number of esters is 1. The maximum absolute atomic E-state index is 11.9. The van der Waals surface area contributed by atoms with E-state index in [1.807, 2.05) is 0 Å². The van der Waals surface area contributed by atoms with Crippen molar-refractivity contribution in [2.45, 2.75) is 115 Å². The number of aliphatic hydroxyl groups is 5. The molecule has 0 aromatic rings. The first kappa shape index (κ1) is 27.3. The maximum Gasteiger partial charge on any atom is 0.306 e. The standard InChI is InChI=1S/C21H42O7/c1-2-3-4-5-6-7-8-9-10-11-12-13-14-19(26)28-21(18(25)16-23)20(27)17(24)15-22/h17-18,20-25,27H,2-16H2,1H3/t17-,18-,20-,21-/m1/s1. The van der Waals surface area contributed by atoms with Crippen LogP contribution in [0.3, 0.4) is 0 Å². The number of hydrogen-bond acceptors (Lipinski definition) is 7. The van der Waals surface area contributed by atoms with E-state index in [-0.39, 0.29) is 6.42 Å². The van der Waals surface area contributed by atoms with Gasteiger partial charge in [-0.3, -0.25) is 4.79 Å². The maximum atomic E-state index is 11.9. The fourth-order valence-electron chi connectivity index (χ4n) is 3.13. The van der Waals surface area contributed by atoms with Gasteiger partial charge in [-0.25, -0.2) is 0 Å². The number of ether oxygens (including phenoxy) is 1. The van der Waals surface area contributed by atoms with Crippen LogP contribution < -0.4 is 0 Å². The largest absolute Gasteiger partial charge is 0.457 e. The summed E-state index contributed by atoms with van der Waals surface area (Å²) in [6.07, 6.45) is 8.07. The van der Waals surface area contributed by atoms with Gasteiger partial charge in [-0.15, -0.1) is 0 Å². The molecule has 0 amide bonds. The molecule has 0 aromatic heterocycles. The smallest absolute Gasteiger partial charge is 0.306 e. The third-order valence-electron chi connectivity index (χ3n) is 4.99. The van der Waals surface area contributed by atoms with Gasteiger partial charge >= 0.3 is 5.97 Å². The number of rotatable bonds is 19. The lowest BCUT2D eigenvalue weighted by Crippen LogP contribution is -2.49. The van der Waals surface area contributed by atoms with Gasteiger partial charge in [0.15, 0.2) is 6.10 Å². The Morgan fingerprint density at radius 1 is 0.714 bits per heavy atom. The van der Waals surface area contributed by atoms with Gasteiger partial charge in [-0.2, -0.15) is 0 Å². The number of aliphatic hydroxyl groups excluding tert-OH is 5. The van der Waals surface area contributed by atoms with Crippen LogP contribution in [-0.4, -0.2) is 69.1 Å². The zero-order chi connectivity index (χ0) is 21.2. The molecule has 0 saturated heterocycles. The minimum Gasteiger partial charge on any atom is -0.457 e. The number of hydrogen-bond donors (Lipinski definition) is 5. The van der Waals surface area contributed by atoms with Crippen LogP contribution in [0, 0.1) is 0 Å². The summed E-state index contributed by atoms with van der Waals surface area (Å²) >= 11 is 0. The average Bonchev–Trinajstić information content (AvgIpc) is 2.71. The fraction of sp³-hybridized carbons (Fsp3) is 0.952. The van der Waals surface area contributed by atoms with Crippen molar-refractivity contribution in [3.05, 3.63) is 0 Å². The van der Waals surface area contributed by atoms with E-state index in [1.165, 1.54) is 51.4 Å². The Morgan fingerprint density at radius 2 is 1.14 bits per heavy atom. The first-order valence-corrected chi connectivity index (χ1v) is 10.9. The molecule has 0 aliphatic heterocycles. The molecule has 7 heteroatoms. The lowest BCUT2D eigenvalue weighted by Gasteiger charge is -2.28. The number of carbonyl (C=O) groups is 1. The summed E-state index contributed by atoms with van der Waals surface area (Å²) < 4.78 is 5.02. The molecule has 0 rings (SSSR count). The molecule has 0 aliphatic carbocycles. The summed E-state index contributed by atoms with van der Waals surface area (Å²) in [5.74, 6) is -0.603. The monoisotopic (exact) mass is 406 g/mol. The molecule has 168 valence electrons. The lowest BCUT2D eigenvalue weighted by molar-refractivity contribution is -0.177. The topological polar surface area (TPSA) is 127 Å². The van der Waals surface area contributed by atoms with Crippen LogP contribution >= 0.6 is 0 Å². The van der Waals surface area contributed by atoms with Gasteiger partial charge in [0.2, 0.25) is 0 Å². The van der Waals surface area contributed by atoms with Gasteiger partial charge in [0, 0.05) is 6.42 Å². The third kappa shape index (κ3) is 13.4. The highest BCUT2D eigenvalue weighted by molar-refractivity contribution is 5.69. The molecule has 0 spiro atoms. The zero-order valence-corrected chi connectivity index (χ0v) is 17.5. The van der Waals surface area contributed by atoms with Gasteiger partial charge in [0.05, 0.1) is 13.2 Å². The molecular formula is C21H42O7. The van der Waals surface area contributed by atoms with Gasteiger partial charge in [0.25, 0.3) is 0 Å². The Morgan fingerprint density at radius 3 is 1.57 bits per heavy atom. The van der Waals surface area contributed by atoms with Crippen molar-refractivity contribution in [2.75, 3.05) is 13.2 Å². The SMILES string of the molecule is CCCCCCCCCCCCCCC(=O)O[C@@H]([C@H](O)[C@H](O)CO)[C@H](O)CO. The van der Waals surface area contributed by atoms with E-state index in [2.05, 4.69) is 6.92 Å². The molecule has 7 nitrogen and oxygen atoms in total. The number of carbonyl (C=O) groups excluding carboxylic acids is 1. The predicted molar refractivity (Wildman–Crippen MR) is 108 cm³/mol. The van der Waals surface area contributed by atoms with Crippen molar-refractivity contribution >= 4 is 5.97 Å². The highest BCUT2D eigenvalue weighted by Crippen LogP contribution is 2.14. The molecule has 4 atom stereocenters. The molecule has 0 bridgehead atoms. The Labute approximate surface area is 169 Å². The fourth-order valence-corrected chi connectivity index (χ4v) is 3.13. The van der Waals surface area contributed by atoms with Crippen LogP contribution in [0.25, 0.3) is 0 Å². The minimum atomic E-state index is -1.67. The minimum absolute atomic E-state index is 0.147. The Balaban J connectivity index is 3.81. The second-order valence-corrected chi connectivity index (χ2v) is 7.58. The molecule has 0 fully saturated rings. The van der Waals surface area contributed by atoms with E-state index in [1.54, 1.807) is 0 Å². The van der Waals surface area contributed by atoms with Gasteiger partial charge in [-0.1, -0.05) is 77.6 Å². The van der Waals surface area contributed by atoms with Gasteiger partial charge in [-0.05, 0) is 6.42 Å². The first-order chi connectivity index (χ1) is 13.5. The first-order valence-electron chi connectivity index (χ1n) is 10.9. The summed E-state index contributed by atoms with van der Waals surface area (Å²) in [5.41, 5.74) is 0. The molecule has 0 unspecified atom stereocenters. The molecule has 0 radical (unpaired) electrons. The molecular weight excluding hydrogens is 364 g/mol. The summed E-state index contributed by atoms with van der Waals surface area (Å²) in [7, 11) is 0. The van der Waals surface area contributed by atoms with Crippen LogP contribution in [0.4, 0.5) is 0 Å². The highest BCUT2D eigenvalue weighted by atomic mass is 16.6. The van der Waals surface area contributed by atoms with Crippen molar-refractivity contribution in [2.24, 2.45) is 0 Å². The van der Waals surface area contributed by atoms with Crippen LogP contribution in [0.15, 0.2) is 0 Å². The van der Waals surface area contributed by atoms with Crippen LogP contribution in [0.1, 0.15) is 90.4 Å². The molecule has 0 saturated carbocycles. The Hall–Kier alpha value is -0.730. The summed E-state index contributed by atoms with van der Waals surface area (Å²) in [6, 6.07) is 0. The van der Waals surface area contributed by atoms with Crippen molar-refractivity contribution in [3.63, 3.8) is 0 Å². The van der Waals surface area contributed by atoms with Crippen molar-refractivity contribution in [1.29, 1.82) is 0 Å². The summed E-state index contributed by atoms with van der Waals surface area (Å²) in [6.45, 7) is 0.749. The van der Waals surface area contributed by atoms with Crippen molar-refractivity contribution in [1.82, 2.24) is 0 Å². The van der Waals surface area contributed by atoms with Crippen LogP contribution in [-0.2, 0) is 9.53 Å². The quantitative estimate of drug-likeness (QED) is 0.164. The van der Waals surface area contributed by atoms with Gasteiger partial charge in [0.1, 0.15) is 18.3 Å². The van der Waals surface area contributed by atoms with E-state index >= 15 is 0 Å². The second kappa shape index (κ2) is 18.3. The van der Waals surface area contributed by atoms with E-state index in [0.717, 1.165) is 19.3 Å². The lowest BCUT2D eigenvalue weighted by atomic mass is 10.0. The van der Waals surface area contributed by atoms with E-state index in [4.69, 9.17) is 14.9 Å². The van der Waals surface area contributed by atoms with E-state index in [0.29, 0.717) is 6.42 Å². The third-order valence-corrected chi connectivity index (χ3v) is 4.99. The molecule has 0 heterocycles. The number of unbranched alkanes of at least 4 members (excludes halogenated alkanes) is 11. The van der Waals surface area contributed by atoms with Gasteiger partial charge < -0.3 is 30.3 Å². The summed E-state index contributed by atoms with van der Waals surface area (Å²) in [4.78, 5) is 11.9. The summed E-state index contributed by atoms with van der Waals surface area (Å²) in [5, 5.41) is 46.9. The second-order valence-electron chi connectivity index (χ2n) is 7.58. The van der Waals surface area contributed by atoms with Crippen molar-refractivity contribution in [3.8, 4) is 0 Å². The molecule has 0 aliphatic rings. The molecule has 28 heavy (non-hydrogen) atoms. The van der Waals surface area contributed by atoms with E-state index in [9.17, 15) is 20.1 Å². The molecule has 0 aromatic carbocycles. The van der Waals surface area contributed by atoms with Crippen LogP contribution in [0.2, 0.25) is 0 Å². The van der Waals surface area contributed by atoms with E-state index < -0.39 is 43.6 Å². The van der Waals surface area contributed by atoms with Crippen LogP contribution in [0.5, 0.6) is 0 Å². The molecule has 5 N–H and O–H groups in total. The van der Waals surface area contributed by atoms with Crippen molar-refractivity contribution < 1.29 is 35.1 Å². The highest BCUT2D eigenvalue weighted by Gasteiger charge is 2.34.